The summed E-state index contributed by atoms with van der Waals surface area (Å²) in [5, 5.41) is 13.2. The summed E-state index contributed by atoms with van der Waals surface area (Å²) in [6.45, 7) is 1.71. The molecular weight excluding hydrogens is 395 g/mol. The lowest BCUT2D eigenvalue weighted by Crippen LogP contribution is -2.36. The van der Waals surface area contributed by atoms with Crippen LogP contribution in [0, 0.1) is 0 Å². The number of benzene rings is 2. The number of hydrogen-bond donors (Lipinski definition) is 2. The third-order valence-electron chi connectivity index (χ3n) is 4.18. The molecular formula is C19H17Cl3N2O2. The Labute approximate surface area is 167 Å². The van der Waals surface area contributed by atoms with E-state index in [4.69, 9.17) is 34.8 Å². The smallest absolute Gasteiger partial charge is 0.238 e. The Hall–Kier alpha value is -1.72. The Morgan fingerprint density at radius 1 is 1.08 bits per heavy atom. The largest absolute Gasteiger partial charge is 0.508 e. The van der Waals surface area contributed by atoms with E-state index >= 15 is 0 Å². The van der Waals surface area contributed by atoms with Crippen molar-refractivity contribution in [3.63, 3.8) is 0 Å². The van der Waals surface area contributed by atoms with Crippen molar-refractivity contribution in [2.45, 2.75) is 6.42 Å². The second-order valence-electron chi connectivity index (χ2n) is 6.06. The van der Waals surface area contributed by atoms with Crippen molar-refractivity contribution in [3.05, 3.63) is 63.1 Å². The number of anilines is 1. The van der Waals surface area contributed by atoms with E-state index < -0.39 is 0 Å². The van der Waals surface area contributed by atoms with Crippen LogP contribution in [0.2, 0.25) is 15.1 Å². The van der Waals surface area contributed by atoms with Gasteiger partial charge in [0.2, 0.25) is 5.91 Å². The topological polar surface area (TPSA) is 52.6 Å². The molecule has 0 bridgehead atoms. The van der Waals surface area contributed by atoms with Crippen molar-refractivity contribution in [1.82, 2.24) is 4.90 Å². The van der Waals surface area contributed by atoms with E-state index in [9.17, 15) is 9.90 Å². The highest BCUT2D eigenvalue weighted by molar-refractivity contribution is 6.44. The van der Waals surface area contributed by atoms with E-state index in [2.05, 4.69) is 11.4 Å². The molecule has 4 nitrogen and oxygen atoms in total. The molecule has 2 aromatic rings. The third kappa shape index (κ3) is 4.71. The van der Waals surface area contributed by atoms with Gasteiger partial charge in [0.25, 0.3) is 0 Å². The standard InChI is InChI=1S/C19H17Cl3N2O2/c20-15-9-17(22)18(10-16(15)21)23-19(26)11-24-7-5-13(6-8-24)12-1-3-14(25)4-2-12/h1-5,9-10,25H,6-8,11H2,(H,23,26). The molecule has 0 aliphatic carbocycles. The van der Waals surface area contributed by atoms with Crippen molar-refractivity contribution in [2.24, 2.45) is 0 Å². The van der Waals surface area contributed by atoms with Gasteiger partial charge in [0.1, 0.15) is 5.75 Å². The maximum absolute atomic E-state index is 12.3. The van der Waals surface area contributed by atoms with Gasteiger partial charge in [-0.1, -0.05) is 53.0 Å². The highest BCUT2D eigenvalue weighted by Crippen LogP contribution is 2.32. The number of aromatic hydroxyl groups is 1. The first-order valence-electron chi connectivity index (χ1n) is 8.07. The van der Waals surface area contributed by atoms with E-state index in [1.807, 2.05) is 17.0 Å². The Kier molecular flexibility index (Phi) is 6.09. The predicted molar refractivity (Wildman–Crippen MR) is 107 cm³/mol. The minimum atomic E-state index is -0.160. The molecule has 7 heteroatoms. The van der Waals surface area contributed by atoms with Crippen LogP contribution in [-0.4, -0.2) is 35.5 Å². The Bertz CT molecular complexity index is 851. The lowest BCUT2D eigenvalue weighted by atomic mass is 9.99. The van der Waals surface area contributed by atoms with Crippen LogP contribution < -0.4 is 5.32 Å². The number of carbonyl (C=O) groups excluding carboxylic acids is 1. The van der Waals surface area contributed by atoms with Crippen LogP contribution in [-0.2, 0) is 4.79 Å². The molecule has 0 fully saturated rings. The van der Waals surface area contributed by atoms with Crippen LogP contribution in [0.15, 0.2) is 42.5 Å². The summed E-state index contributed by atoms with van der Waals surface area (Å²) in [5.41, 5.74) is 2.76. The SMILES string of the molecule is O=C(CN1CC=C(c2ccc(O)cc2)CC1)Nc1cc(Cl)c(Cl)cc1Cl. The van der Waals surface area contributed by atoms with Crippen LogP contribution in [0.3, 0.4) is 0 Å². The predicted octanol–water partition coefficient (Wildman–Crippen LogP) is 5.08. The van der Waals surface area contributed by atoms with E-state index in [1.54, 1.807) is 18.2 Å². The molecule has 0 saturated carbocycles. The second kappa shape index (κ2) is 8.31. The van der Waals surface area contributed by atoms with Gasteiger partial charge in [-0.25, -0.2) is 0 Å². The van der Waals surface area contributed by atoms with Crippen molar-refractivity contribution in [3.8, 4) is 5.75 Å². The minimum Gasteiger partial charge on any atom is -0.508 e. The number of phenols is 1. The number of halogens is 3. The highest BCUT2D eigenvalue weighted by Gasteiger charge is 2.17. The summed E-state index contributed by atoms with van der Waals surface area (Å²) in [6.07, 6.45) is 2.95. The zero-order valence-corrected chi connectivity index (χ0v) is 16.1. The number of amides is 1. The summed E-state index contributed by atoms with van der Waals surface area (Å²) in [5.74, 6) is 0.0937. The first-order valence-corrected chi connectivity index (χ1v) is 9.21. The molecule has 1 aliphatic rings. The van der Waals surface area contributed by atoms with Gasteiger partial charge in [0, 0.05) is 13.1 Å². The summed E-state index contributed by atoms with van der Waals surface area (Å²) in [6, 6.07) is 10.2. The number of rotatable bonds is 4. The maximum Gasteiger partial charge on any atom is 0.238 e. The van der Waals surface area contributed by atoms with Gasteiger partial charge in [-0.05, 0) is 41.8 Å². The summed E-state index contributed by atoms with van der Waals surface area (Å²) in [7, 11) is 0. The molecule has 2 aromatic carbocycles. The van der Waals surface area contributed by atoms with Crippen LogP contribution in [0.1, 0.15) is 12.0 Å². The molecule has 0 saturated heterocycles. The fourth-order valence-corrected chi connectivity index (χ4v) is 3.40. The van der Waals surface area contributed by atoms with E-state index in [-0.39, 0.29) is 18.2 Å². The highest BCUT2D eigenvalue weighted by atomic mass is 35.5. The van der Waals surface area contributed by atoms with Gasteiger partial charge < -0.3 is 10.4 Å². The van der Waals surface area contributed by atoms with Crippen LogP contribution in [0.4, 0.5) is 5.69 Å². The average molecular weight is 412 g/mol. The van der Waals surface area contributed by atoms with Crippen molar-refractivity contribution in [2.75, 3.05) is 25.0 Å². The fraction of sp³-hybridized carbons (Fsp3) is 0.211. The van der Waals surface area contributed by atoms with Crippen molar-refractivity contribution >= 4 is 52.0 Å². The van der Waals surface area contributed by atoms with Crippen molar-refractivity contribution < 1.29 is 9.90 Å². The molecule has 1 amide bonds. The molecule has 1 aliphatic heterocycles. The average Bonchev–Trinajstić information content (AvgIpc) is 2.61. The normalized spacial score (nSPS) is 14.8. The van der Waals surface area contributed by atoms with E-state index in [0.717, 1.165) is 18.5 Å². The van der Waals surface area contributed by atoms with Crippen LogP contribution in [0.25, 0.3) is 5.57 Å². The van der Waals surface area contributed by atoms with Gasteiger partial charge >= 0.3 is 0 Å². The molecule has 0 aromatic heterocycles. The number of nitrogens with zero attached hydrogens (tertiary/aromatic N) is 1. The Morgan fingerprint density at radius 3 is 2.42 bits per heavy atom. The van der Waals surface area contributed by atoms with E-state index in [1.165, 1.54) is 11.6 Å². The molecule has 3 rings (SSSR count). The molecule has 136 valence electrons. The molecule has 0 spiro atoms. The maximum atomic E-state index is 12.3. The van der Waals surface area contributed by atoms with E-state index in [0.29, 0.717) is 27.3 Å². The molecule has 1 heterocycles. The lowest BCUT2D eigenvalue weighted by molar-refractivity contribution is -0.117. The molecule has 0 unspecified atom stereocenters. The van der Waals surface area contributed by atoms with Gasteiger partial charge in [-0.2, -0.15) is 0 Å². The third-order valence-corrected chi connectivity index (χ3v) is 5.22. The quantitative estimate of drug-likeness (QED) is 0.690. The van der Waals surface area contributed by atoms with Gasteiger partial charge in [-0.15, -0.1) is 0 Å². The summed E-state index contributed by atoms with van der Waals surface area (Å²) in [4.78, 5) is 14.3. The molecule has 0 radical (unpaired) electrons. The molecule has 0 atom stereocenters. The summed E-state index contributed by atoms with van der Waals surface area (Å²) >= 11 is 18.0. The first-order chi connectivity index (χ1) is 12.4. The number of nitrogens with one attached hydrogen (secondary N) is 1. The molecule has 26 heavy (non-hydrogen) atoms. The lowest BCUT2D eigenvalue weighted by Gasteiger charge is -2.26. The molecule has 2 N–H and O–H groups in total. The number of carbonyl (C=O) groups is 1. The van der Waals surface area contributed by atoms with Crippen LogP contribution >= 0.6 is 34.8 Å². The second-order valence-corrected chi connectivity index (χ2v) is 7.28. The van der Waals surface area contributed by atoms with Gasteiger partial charge in [0.05, 0.1) is 27.3 Å². The van der Waals surface area contributed by atoms with Gasteiger partial charge in [0.15, 0.2) is 0 Å². The zero-order valence-electron chi connectivity index (χ0n) is 13.8. The Balaban J connectivity index is 1.58. The first kappa shape index (κ1) is 19.1. The summed E-state index contributed by atoms with van der Waals surface area (Å²) < 4.78 is 0. The monoisotopic (exact) mass is 410 g/mol. The number of hydrogen-bond acceptors (Lipinski definition) is 3. The zero-order chi connectivity index (χ0) is 18.7. The minimum absolute atomic E-state index is 0.160. The number of phenolic OH excluding ortho intramolecular Hbond substituents is 1. The van der Waals surface area contributed by atoms with Gasteiger partial charge in [-0.3, -0.25) is 9.69 Å². The van der Waals surface area contributed by atoms with Crippen molar-refractivity contribution in [1.29, 1.82) is 0 Å². The van der Waals surface area contributed by atoms with Crippen LogP contribution in [0.5, 0.6) is 5.75 Å². The Morgan fingerprint density at radius 2 is 1.77 bits per heavy atom. The fourth-order valence-electron chi connectivity index (χ4n) is 2.80.